The van der Waals surface area contributed by atoms with Crippen molar-refractivity contribution < 1.29 is 4.92 Å². The standard InChI is InChI=1S/C12H15BrN2O2/c1-3-4-9(2)14-8-10-5-6-11(13)12(7-10)15(16)17/h3,5-7,9,14H,1,4,8H2,2H3. The maximum atomic E-state index is 10.8. The number of nitro groups is 1. The maximum Gasteiger partial charge on any atom is 0.283 e. The van der Waals surface area contributed by atoms with E-state index in [4.69, 9.17) is 0 Å². The fourth-order valence-electron chi connectivity index (χ4n) is 1.43. The summed E-state index contributed by atoms with van der Waals surface area (Å²) in [5, 5.41) is 14.0. The Morgan fingerprint density at radius 2 is 2.35 bits per heavy atom. The second-order valence-corrected chi connectivity index (χ2v) is 4.70. The molecule has 0 bridgehead atoms. The van der Waals surface area contributed by atoms with Crippen LogP contribution < -0.4 is 5.32 Å². The van der Waals surface area contributed by atoms with E-state index in [0.29, 0.717) is 17.1 Å². The summed E-state index contributed by atoms with van der Waals surface area (Å²) in [6.07, 6.45) is 2.72. The first-order valence-corrected chi connectivity index (χ1v) is 6.11. The van der Waals surface area contributed by atoms with Gasteiger partial charge in [0.15, 0.2) is 0 Å². The molecule has 1 unspecified atom stereocenters. The Kier molecular flexibility index (Phi) is 5.31. The van der Waals surface area contributed by atoms with E-state index in [0.717, 1.165) is 12.0 Å². The zero-order chi connectivity index (χ0) is 12.8. The molecule has 5 heteroatoms. The van der Waals surface area contributed by atoms with Crippen LogP contribution in [0.25, 0.3) is 0 Å². The average Bonchev–Trinajstić information content (AvgIpc) is 2.28. The van der Waals surface area contributed by atoms with Crippen LogP contribution in [-0.4, -0.2) is 11.0 Å². The van der Waals surface area contributed by atoms with Gasteiger partial charge in [0.2, 0.25) is 0 Å². The van der Waals surface area contributed by atoms with Gasteiger partial charge in [-0.15, -0.1) is 6.58 Å². The molecule has 0 aliphatic rings. The lowest BCUT2D eigenvalue weighted by Crippen LogP contribution is -2.24. The van der Waals surface area contributed by atoms with Crippen LogP contribution in [0.4, 0.5) is 5.69 Å². The first-order chi connectivity index (χ1) is 8.04. The van der Waals surface area contributed by atoms with Crippen molar-refractivity contribution in [1.29, 1.82) is 0 Å². The fraction of sp³-hybridized carbons (Fsp3) is 0.333. The quantitative estimate of drug-likeness (QED) is 0.497. The van der Waals surface area contributed by atoms with Crippen LogP contribution in [-0.2, 0) is 6.54 Å². The van der Waals surface area contributed by atoms with Crippen LogP contribution in [0.5, 0.6) is 0 Å². The molecular weight excluding hydrogens is 284 g/mol. The Bertz CT molecular complexity index is 421. The lowest BCUT2D eigenvalue weighted by Gasteiger charge is -2.11. The zero-order valence-electron chi connectivity index (χ0n) is 9.65. The summed E-state index contributed by atoms with van der Waals surface area (Å²) in [5.74, 6) is 0. The third-order valence-electron chi connectivity index (χ3n) is 2.38. The number of benzene rings is 1. The highest BCUT2D eigenvalue weighted by molar-refractivity contribution is 9.10. The summed E-state index contributed by atoms with van der Waals surface area (Å²) in [4.78, 5) is 10.4. The van der Waals surface area contributed by atoms with Gasteiger partial charge in [-0.05, 0) is 40.9 Å². The maximum absolute atomic E-state index is 10.8. The molecule has 0 amide bonds. The summed E-state index contributed by atoms with van der Waals surface area (Å²) in [5.41, 5.74) is 0.997. The molecule has 1 rings (SSSR count). The van der Waals surface area contributed by atoms with Crippen LogP contribution in [0.1, 0.15) is 18.9 Å². The molecule has 0 fully saturated rings. The number of nitrogens with zero attached hydrogens (tertiary/aromatic N) is 1. The topological polar surface area (TPSA) is 55.2 Å². The Morgan fingerprint density at radius 3 is 2.94 bits per heavy atom. The Labute approximate surface area is 109 Å². The Balaban J connectivity index is 2.69. The van der Waals surface area contributed by atoms with Crippen molar-refractivity contribution in [2.45, 2.75) is 25.9 Å². The second-order valence-electron chi connectivity index (χ2n) is 3.85. The zero-order valence-corrected chi connectivity index (χ0v) is 11.2. The third-order valence-corrected chi connectivity index (χ3v) is 3.05. The van der Waals surface area contributed by atoms with Crippen LogP contribution in [0.2, 0.25) is 0 Å². The van der Waals surface area contributed by atoms with E-state index in [-0.39, 0.29) is 10.6 Å². The molecule has 92 valence electrons. The van der Waals surface area contributed by atoms with E-state index in [2.05, 4.69) is 34.7 Å². The molecule has 0 aliphatic heterocycles. The minimum absolute atomic E-state index is 0.0978. The van der Waals surface area contributed by atoms with Crippen molar-refractivity contribution in [3.63, 3.8) is 0 Å². The van der Waals surface area contributed by atoms with Gasteiger partial charge >= 0.3 is 0 Å². The van der Waals surface area contributed by atoms with Gasteiger partial charge in [-0.2, -0.15) is 0 Å². The van der Waals surface area contributed by atoms with Crippen molar-refractivity contribution in [3.05, 3.63) is 51.0 Å². The van der Waals surface area contributed by atoms with Gasteiger partial charge < -0.3 is 5.32 Å². The van der Waals surface area contributed by atoms with Crippen LogP contribution in [0.3, 0.4) is 0 Å². The number of rotatable bonds is 6. The predicted molar refractivity (Wildman–Crippen MR) is 71.9 cm³/mol. The molecule has 0 spiro atoms. The predicted octanol–water partition coefficient (Wildman–Crippen LogP) is 3.41. The van der Waals surface area contributed by atoms with Gasteiger partial charge in [-0.25, -0.2) is 0 Å². The molecule has 1 N–H and O–H groups in total. The summed E-state index contributed by atoms with van der Waals surface area (Å²) in [6, 6.07) is 5.46. The average molecular weight is 299 g/mol. The molecule has 0 aliphatic carbocycles. The first-order valence-electron chi connectivity index (χ1n) is 5.31. The lowest BCUT2D eigenvalue weighted by atomic mass is 10.1. The molecule has 0 heterocycles. The Hall–Kier alpha value is -1.20. The van der Waals surface area contributed by atoms with E-state index in [1.54, 1.807) is 12.1 Å². The highest BCUT2D eigenvalue weighted by atomic mass is 79.9. The fourth-order valence-corrected chi connectivity index (χ4v) is 1.82. The van der Waals surface area contributed by atoms with Crippen LogP contribution in [0.15, 0.2) is 35.3 Å². The lowest BCUT2D eigenvalue weighted by molar-refractivity contribution is -0.385. The van der Waals surface area contributed by atoms with E-state index < -0.39 is 0 Å². The molecule has 1 atom stereocenters. The van der Waals surface area contributed by atoms with Crippen LogP contribution >= 0.6 is 15.9 Å². The van der Waals surface area contributed by atoms with E-state index in [1.165, 1.54) is 0 Å². The van der Waals surface area contributed by atoms with Crippen molar-refractivity contribution in [3.8, 4) is 0 Å². The van der Waals surface area contributed by atoms with Gasteiger partial charge in [-0.3, -0.25) is 10.1 Å². The number of halogens is 1. The summed E-state index contributed by atoms with van der Waals surface area (Å²) in [6.45, 7) is 6.33. The molecule has 0 radical (unpaired) electrons. The minimum Gasteiger partial charge on any atom is -0.310 e. The van der Waals surface area contributed by atoms with Crippen molar-refractivity contribution in [2.24, 2.45) is 0 Å². The molecule has 0 saturated carbocycles. The van der Waals surface area contributed by atoms with Crippen molar-refractivity contribution >= 4 is 21.6 Å². The van der Waals surface area contributed by atoms with Gasteiger partial charge in [0.05, 0.1) is 9.40 Å². The first kappa shape index (κ1) is 13.9. The number of nitro benzene ring substituents is 1. The smallest absolute Gasteiger partial charge is 0.283 e. The molecule has 1 aromatic carbocycles. The molecule has 4 nitrogen and oxygen atoms in total. The monoisotopic (exact) mass is 298 g/mol. The highest BCUT2D eigenvalue weighted by Crippen LogP contribution is 2.25. The van der Waals surface area contributed by atoms with Gasteiger partial charge in [0, 0.05) is 18.7 Å². The second kappa shape index (κ2) is 6.51. The minimum atomic E-state index is -0.388. The third kappa shape index (κ3) is 4.28. The molecule has 1 aromatic rings. The largest absolute Gasteiger partial charge is 0.310 e. The molecule has 0 saturated heterocycles. The normalized spacial score (nSPS) is 12.1. The number of nitrogens with one attached hydrogen (secondary N) is 1. The van der Waals surface area contributed by atoms with Gasteiger partial charge in [-0.1, -0.05) is 12.1 Å². The van der Waals surface area contributed by atoms with E-state index >= 15 is 0 Å². The SMILES string of the molecule is C=CCC(C)NCc1ccc(Br)c([N+](=O)[O-])c1. The Morgan fingerprint density at radius 1 is 1.65 bits per heavy atom. The molecule has 0 aromatic heterocycles. The van der Waals surface area contributed by atoms with Crippen LogP contribution in [0, 0.1) is 10.1 Å². The summed E-state index contributed by atoms with van der Waals surface area (Å²) in [7, 11) is 0. The van der Waals surface area contributed by atoms with E-state index in [9.17, 15) is 10.1 Å². The summed E-state index contributed by atoms with van der Waals surface area (Å²) >= 11 is 3.16. The molecule has 17 heavy (non-hydrogen) atoms. The van der Waals surface area contributed by atoms with Gasteiger partial charge in [0.25, 0.3) is 5.69 Å². The summed E-state index contributed by atoms with van der Waals surface area (Å²) < 4.78 is 0.505. The highest BCUT2D eigenvalue weighted by Gasteiger charge is 2.12. The van der Waals surface area contributed by atoms with Crippen molar-refractivity contribution in [2.75, 3.05) is 0 Å². The molecular formula is C12H15BrN2O2. The number of hydrogen-bond donors (Lipinski definition) is 1. The van der Waals surface area contributed by atoms with Crippen molar-refractivity contribution in [1.82, 2.24) is 5.32 Å². The van der Waals surface area contributed by atoms with E-state index in [1.807, 2.05) is 12.1 Å². The number of hydrogen-bond acceptors (Lipinski definition) is 3. The van der Waals surface area contributed by atoms with Gasteiger partial charge in [0.1, 0.15) is 0 Å².